The SMILES string of the molecule is O=C(COc1cccc(/C=C2\SC(=O)N(Cc3cc4c(cc3Cl)OCO4)C2=O)c1)Nc1ccccc1Cl. The Bertz CT molecular complexity index is 1440. The van der Waals surface area contributed by atoms with Crippen LogP contribution >= 0.6 is 35.0 Å². The van der Waals surface area contributed by atoms with E-state index in [4.69, 9.17) is 37.4 Å². The maximum atomic E-state index is 13.0. The summed E-state index contributed by atoms with van der Waals surface area (Å²) >= 11 is 13.2. The number of thioether (sulfide) groups is 1. The molecule has 1 fully saturated rings. The van der Waals surface area contributed by atoms with Crippen molar-refractivity contribution in [3.63, 3.8) is 0 Å². The number of carbonyl (C=O) groups excluding carboxylic acids is 3. The lowest BCUT2D eigenvalue weighted by atomic mass is 10.1. The zero-order valence-electron chi connectivity index (χ0n) is 19.0. The normalized spacial score (nSPS) is 15.4. The first-order valence-electron chi connectivity index (χ1n) is 11.0. The first-order valence-corrected chi connectivity index (χ1v) is 12.6. The fourth-order valence-corrected chi connectivity index (χ4v) is 4.86. The van der Waals surface area contributed by atoms with Gasteiger partial charge in [-0.25, -0.2) is 0 Å². The molecule has 3 aromatic rings. The van der Waals surface area contributed by atoms with Gasteiger partial charge in [0.15, 0.2) is 18.1 Å². The van der Waals surface area contributed by atoms with Crippen LogP contribution in [0.25, 0.3) is 6.08 Å². The number of anilines is 1. The van der Waals surface area contributed by atoms with Crippen LogP contribution in [-0.2, 0) is 16.1 Å². The van der Waals surface area contributed by atoms with E-state index in [-0.39, 0.29) is 30.8 Å². The van der Waals surface area contributed by atoms with E-state index in [9.17, 15) is 14.4 Å². The van der Waals surface area contributed by atoms with Crippen molar-refractivity contribution in [1.82, 2.24) is 4.90 Å². The van der Waals surface area contributed by atoms with Crippen molar-refractivity contribution in [2.75, 3.05) is 18.7 Å². The highest BCUT2D eigenvalue weighted by Crippen LogP contribution is 2.39. The minimum atomic E-state index is -0.436. The van der Waals surface area contributed by atoms with Gasteiger partial charge in [0.1, 0.15) is 5.75 Å². The van der Waals surface area contributed by atoms with Crippen LogP contribution in [-0.4, -0.2) is 35.4 Å². The molecule has 0 unspecified atom stereocenters. The predicted octanol–water partition coefficient (Wildman–Crippen LogP) is 5.98. The monoisotopic (exact) mass is 556 g/mol. The van der Waals surface area contributed by atoms with Crippen LogP contribution in [0.1, 0.15) is 11.1 Å². The molecule has 188 valence electrons. The molecule has 3 aromatic carbocycles. The van der Waals surface area contributed by atoms with Gasteiger partial charge in [0.25, 0.3) is 17.1 Å². The van der Waals surface area contributed by atoms with E-state index < -0.39 is 11.1 Å². The number of hydrogen-bond acceptors (Lipinski definition) is 7. The van der Waals surface area contributed by atoms with Gasteiger partial charge in [0.05, 0.1) is 22.2 Å². The topological polar surface area (TPSA) is 94.2 Å². The summed E-state index contributed by atoms with van der Waals surface area (Å²) < 4.78 is 16.3. The van der Waals surface area contributed by atoms with Crippen molar-refractivity contribution in [1.29, 1.82) is 0 Å². The molecular formula is C26H18Cl2N2O6S. The van der Waals surface area contributed by atoms with Crippen LogP contribution in [0.4, 0.5) is 10.5 Å². The number of benzene rings is 3. The van der Waals surface area contributed by atoms with Crippen molar-refractivity contribution < 1.29 is 28.6 Å². The average Bonchev–Trinajstić information content (AvgIpc) is 3.43. The Morgan fingerprint density at radius 2 is 1.81 bits per heavy atom. The number of ether oxygens (including phenoxy) is 3. The molecule has 0 saturated carbocycles. The zero-order chi connectivity index (χ0) is 25.9. The van der Waals surface area contributed by atoms with E-state index in [2.05, 4.69) is 5.32 Å². The van der Waals surface area contributed by atoms with Crippen LogP contribution in [0.15, 0.2) is 65.6 Å². The van der Waals surface area contributed by atoms with Gasteiger partial charge < -0.3 is 19.5 Å². The number of rotatable bonds is 7. The first-order chi connectivity index (χ1) is 17.9. The number of halogens is 2. The molecule has 1 saturated heterocycles. The molecule has 3 amide bonds. The van der Waals surface area contributed by atoms with E-state index in [0.29, 0.717) is 44.1 Å². The maximum Gasteiger partial charge on any atom is 0.293 e. The average molecular weight is 557 g/mol. The molecule has 8 nitrogen and oxygen atoms in total. The second-order valence-electron chi connectivity index (χ2n) is 7.95. The summed E-state index contributed by atoms with van der Waals surface area (Å²) in [5, 5.41) is 3.07. The smallest absolute Gasteiger partial charge is 0.293 e. The molecule has 11 heteroatoms. The number of amides is 3. The molecule has 37 heavy (non-hydrogen) atoms. The number of hydrogen-bond donors (Lipinski definition) is 1. The third-order valence-corrected chi connectivity index (χ3v) is 7.01. The highest BCUT2D eigenvalue weighted by atomic mass is 35.5. The van der Waals surface area contributed by atoms with Crippen LogP contribution in [0.3, 0.4) is 0 Å². The van der Waals surface area contributed by atoms with Crippen LogP contribution in [0.2, 0.25) is 10.0 Å². The van der Waals surface area contributed by atoms with Gasteiger partial charge in [-0.2, -0.15) is 0 Å². The molecule has 0 bridgehead atoms. The Hall–Kier alpha value is -3.66. The third-order valence-electron chi connectivity index (χ3n) is 5.42. The molecule has 2 aliphatic rings. The Kier molecular flexibility index (Phi) is 7.27. The highest BCUT2D eigenvalue weighted by molar-refractivity contribution is 8.18. The standard InChI is InChI=1S/C26H18Cl2N2O6S/c27-18-6-1-2-7-20(18)29-24(31)13-34-17-5-3-4-15(8-17)9-23-25(32)30(26(33)37-23)12-16-10-21-22(11-19(16)28)36-14-35-21/h1-11H,12-14H2,(H,29,31)/b23-9-. The number of nitrogens with one attached hydrogen (secondary N) is 1. The molecule has 5 rings (SSSR count). The number of fused-ring (bicyclic) bond motifs is 1. The highest BCUT2D eigenvalue weighted by Gasteiger charge is 2.35. The molecule has 0 aliphatic carbocycles. The molecule has 0 atom stereocenters. The Labute approximate surface area is 226 Å². The quantitative estimate of drug-likeness (QED) is 0.358. The second kappa shape index (κ2) is 10.8. The number of carbonyl (C=O) groups is 3. The van der Waals surface area contributed by atoms with Crippen LogP contribution in [0, 0.1) is 0 Å². The van der Waals surface area contributed by atoms with Crippen molar-refractivity contribution in [2.45, 2.75) is 6.54 Å². The van der Waals surface area contributed by atoms with Gasteiger partial charge in [0, 0.05) is 11.1 Å². The minimum absolute atomic E-state index is 0.00116. The Balaban J connectivity index is 1.24. The molecule has 0 spiro atoms. The lowest BCUT2D eigenvalue weighted by Gasteiger charge is -2.14. The van der Waals surface area contributed by atoms with E-state index in [1.54, 1.807) is 66.7 Å². The molecular weight excluding hydrogens is 539 g/mol. The summed E-state index contributed by atoms with van der Waals surface area (Å²) in [7, 11) is 0. The predicted molar refractivity (Wildman–Crippen MR) is 141 cm³/mol. The van der Waals surface area contributed by atoms with Gasteiger partial charge in [-0.1, -0.05) is 47.5 Å². The van der Waals surface area contributed by atoms with Crippen LogP contribution in [0.5, 0.6) is 17.2 Å². The molecule has 1 N–H and O–H groups in total. The summed E-state index contributed by atoms with van der Waals surface area (Å²) in [5.41, 5.74) is 1.69. The van der Waals surface area contributed by atoms with E-state index in [1.807, 2.05) is 0 Å². The van der Waals surface area contributed by atoms with Gasteiger partial charge in [-0.05, 0) is 59.3 Å². The molecule has 2 heterocycles. The summed E-state index contributed by atoms with van der Waals surface area (Å²) in [6.07, 6.45) is 1.60. The van der Waals surface area contributed by atoms with Crippen molar-refractivity contribution >= 4 is 63.8 Å². The summed E-state index contributed by atoms with van der Waals surface area (Å²) in [5.74, 6) is 0.649. The maximum absolute atomic E-state index is 13.0. The Morgan fingerprint density at radius 3 is 2.62 bits per heavy atom. The minimum Gasteiger partial charge on any atom is -0.484 e. The van der Waals surface area contributed by atoms with Crippen molar-refractivity contribution in [3.05, 3.63) is 86.7 Å². The van der Waals surface area contributed by atoms with Gasteiger partial charge >= 0.3 is 0 Å². The lowest BCUT2D eigenvalue weighted by Crippen LogP contribution is -2.27. The molecule has 0 aromatic heterocycles. The van der Waals surface area contributed by atoms with Gasteiger partial charge in [-0.15, -0.1) is 0 Å². The van der Waals surface area contributed by atoms with Crippen molar-refractivity contribution in [2.24, 2.45) is 0 Å². The lowest BCUT2D eigenvalue weighted by molar-refractivity contribution is -0.123. The fourth-order valence-electron chi connectivity index (χ4n) is 3.63. The largest absolute Gasteiger partial charge is 0.484 e. The second-order valence-corrected chi connectivity index (χ2v) is 9.76. The number of nitrogens with zero attached hydrogens (tertiary/aromatic N) is 1. The first kappa shape index (κ1) is 25.0. The van der Waals surface area contributed by atoms with Gasteiger partial charge in [0.2, 0.25) is 6.79 Å². The van der Waals surface area contributed by atoms with Crippen LogP contribution < -0.4 is 19.5 Å². The fraction of sp³-hybridized carbons (Fsp3) is 0.115. The summed E-state index contributed by atoms with van der Waals surface area (Å²) in [6, 6.07) is 17.0. The Morgan fingerprint density at radius 1 is 1.03 bits per heavy atom. The van der Waals surface area contributed by atoms with E-state index in [0.717, 1.165) is 16.7 Å². The van der Waals surface area contributed by atoms with Gasteiger partial charge in [-0.3, -0.25) is 19.3 Å². The number of para-hydroxylation sites is 1. The number of imide groups is 1. The summed E-state index contributed by atoms with van der Waals surface area (Å²) in [4.78, 5) is 39.2. The third kappa shape index (κ3) is 5.69. The van der Waals surface area contributed by atoms with E-state index in [1.165, 1.54) is 0 Å². The zero-order valence-corrected chi connectivity index (χ0v) is 21.4. The summed E-state index contributed by atoms with van der Waals surface area (Å²) in [6.45, 7) is -0.142. The molecule has 2 aliphatic heterocycles. The molecule has 0 radical (unpaired) electrons. The van der Waals surface area contributed by atoms with E-state index >= 15 is 0 Å². The van der Waals surface area contributed by atoms with Crippen molar-refractivity contribution in [3.8, 4) is 17.2 Å².